The van der Waals surface area contributed by atoms with Crippen molar-refractivity contribution in [2.75, 3.05) is 25.4 Å². The molecule has 0 radical (unpaired) electrons. The second-order valence-corrected chi connectivity index (χ2v) is 14.3. The van der Waals surface area contributed by atoms with Gasteiger partial charge < -0.3 is 24.9 Å². The molecule has 0 bridgehead atoms. The number of likely N-dealkylation sites (tertiary alicyclic amines) is 2. The summed E-state index contributed by atoms with van der Waals surface area (Å²) in [5.74, 6) is -3.10. The first kappa shape index (κ1) is 31.0. The van der Waals surface area contributed by atoms with Crippen LogP contribution in [0.3, 0.4) is 0 Å². The summed E-state index contributed by atoms with van der Waals surface area (Å²) in [6.45, 7) is 2.20. The smallest absolute Gasteiger partial charge is 0.337 e. The number of hydrogen-bond donors (Lipinski definition) is 2. The number of rotatable bonds is 8. The number of nitrogens with zero attached hydrogens (tertiary/aromatic N) is 5. The van der Waals surface area contributed by atoms with Crippen LogP contribution in [0, 0.1) is 0 Å². The molecule has 3 aliphatic rings. The lowest BCUT2D eigenvalue weighted by molar-refractivity contribution is -0.157. The minimum Gasteiger partial charge on any atom is -0.479 e. The molecule has 0 saturated carbocycles. The fourth-order valence-corrected chi connectivity index (χ4v) is 8.05. The number of carboxylic acid groups (broad SMARTS) is 1. The van der Waals surface area contributed by atoms with Gasteiger partial charge in [0.1, 0.15) is 6.10 Å². The quantitative estimate of drug-likeness (QED) is 0.369. The summed E-state index contributed by atoms with van der Waals surface area (Å²) in [6, 6.07) is 8.84. The highest BCUT2D eigenvalue weighted by Crippen LogP contribution is 2.36. The van der Waals surface area contributed by atoms with Crippen molar-refractivity contribution >= 4 is 56.0 Å². The number of sulfone groups is 1. The Kier molecular flexibility index (Phi) is 7.86. The molecular formula is C30H32ClN5O8S. The first-order valence-electron chi connectivity index (χ1n) is 14.6. The summed E-state index contributed by atoms with van der Waals surface area (Å²) in [6.07, 6.45) is 1.18. The first-order valence-corrected chi connectivity index (χ1v) is 16.6. The molecular weight excluding hydrogens is 626 g/mol. The summed E-state index contributed by atoms with van der Waals surface area (Å²) in [7, 11) is -3.99. The van der Waals surface area contributed by atoms with E-state index in [0.717, 1.165) is 5.39 Å². The van der Waals surface area contributed by atoms with Gasteiger partial charge in [-0.1, -0.05) is 23.7 Å². The summed E-state index contributed by atoms with van der Waals surface area (Å²) in [5, 5.41) is 22.7. The average molecular weight is 658 g/mol. The van der Waals surface area contributed by atoms with Crippen molar-refractivity contribution in [3.05, 3.63) is 59.1 Å². The lowest BCUT2D eigenvalue weighted by atomic mass is 9.99. The van der Waals surface area contributed by atoms with Crippen LogP contribution in [0.1, 0.15) is 44.1 Å². The molecule has 15 heteroatoms. The van der Waals surface area contributed by atoms with E-state index in [-0.39, 0.29) is 55.3 Å². The van der Waals surface area contributed by atoms with Crippen molar-refractivity contribution in [3.63, 3.8) is 0 Å². The van der Waals surface area contributed by atoms with E-state index < -0.39 is 45.1 Å². The first-order chi connectivity index (χ1) is 21.3. The van der Waals surface area contributed by atoms with E-state index in [4.69, 9.17) is 11.6 Å². The van der Waals surface area contributed by atoms with Gasteiger partial charge in [0.15, 0.2) is 21.2 Å². The number of aliphatic hydroxyl groups excluding tert-OH is 1. The fraction of sp³-hybridized carbons (Fsp3) is 0.433. The summed E-state index contributed by atoms with van der Waals surface area (Å²) in [5.41, 5.74) is -1.31. The number of carboxylic acids is 1. The lowest BCUT2D eigenvalue weighted by Gasteiger charge is -2.37. The standard InChI is InChI=1S/C30H32ClN5O8S/c1-30(28(40)41,35-10-2-3-25(35)38)27-32-15-22-16-34(29(42)36(22)27)21-8-11-33(12-9-21)26(39)24(37)17-45(43,44)23-7-5-18-13-20(31)6-4-19(18)14-23/h4-7,13-15,21,24,37H,2-3,8-12,16-17H2,1H3,(H,40,41)/t24-,30?/m1/s1. The van der Waals surface area contributed by atoms with Crippen LogP contribution in [0.15, 0.2) is 47.5 Å². The van der Waals surface area contributed by atoms with Gasteiger partial charge in [-0.2, -0.15) is 0 Å². The molecule has 13 nitrogen and oxygen atoms in total. The Balaban J connectivity index is 1.10. The Morgan fingerprint density at radius 2 is 1.78 bits per heavy atom. The van der Waals surface area contributed by atoms with Crippen molar-refractivity contribution in [2.45, 2.75) is 61.7 Å². The van der Waals surface area contributed by atoms with Gasteiger partial charge >= 0.3 is 12.0 Å². The molecule has 238 valence electrons. The highest BCUT2D eigenvalue weighted by atomic mass is 35.5. The summed E-state index contributed by atoms with van der Waals surface area (Å²) < 4.78 is 27.4. The number of fused-ring (bicyclic) bond motifs is 2. The average Bonchev–Trinajstić information content (AvgIpc) is 3.72. The Bertz CT molecular complexity index is 1840. The van der Waals surface area contributed by atoms with Gasteiger partial charge in [0.25, 0.3) is 5.91 Å². The van der Waals surface area contributed by atoms with Gasteiger partial charge in [0.2, 0.25) is 5.91 Å². The predicted molar refractivity (Wildman–Crippen MR) is 161 cm³/mol. The molecule has 2 saturated heterocycles. The maximum absolute atomic E-state index is 13.6. The lowest BCUT2D eigenvalue weighted by Crippen LogP contribution is -2.53. The molecule has 1 aromatic heterocycles. The zero-order valence-corrected chi connectivity index (χ0v) is 26.0. The van der Waals surface area contributed by atoms with E-state index in [2.05, 4.69) is 4.98 Å². The number of aliphatic hydroxyl groups is 1. The molecule has 6 rings (SSSR count). The minimum atomic E-state index is -3.99. The molecule has 0 spiro atoms. The molecule has 45 heavy (non-hydrogen) atoms. The molecule has 3 aliphatic heterocycles. The molecule has 2 aromatic carbocycles. The normalized spacial score (nSPS) is 19.7. The maximum Gasteiger partial charge on any atom is 0.337 e. The molecule has 2 atom stereocenters. The van der Waals surface area contributed by atoms with Crippen LogP contribution in [0.5, 0.6) is 0 Å². The van der Waals surface area contributed by atoms with E-state index in [1.807, 2.05) is 0 Å². The number of piperidine rings is 1. The van der Waals surface area contributed by atoms with Crippen LogP contribution in [0.2, 0.25) is 5.02 Å². The molecule has 2 fully saturated rings. The van der Waals surface area contributed by atoms with Crippen molar-refractivity contribution in [3.8, 4) is 0 Å². The highest BCUT2D eigenvalue weighted by Gasteiger charge is 2.51. The largest absolute Gasteiger partial charge is 0.479 e. The molecule has 2 N–H and O–H groups in total. The SMILES string of the molecule is CC(C(=O)O)(c1ncc2n1C(=O)N(C1CCN(C(=O)[C@H](O)CS(=O)(=O)c3ccc4cc(Cl)ccc4c3)CC1)C2)N1CCCC1=O. The zero-order chi connectivity index (χ0) is 32.3. The highest BCUT2D eigenvalue weighted by molar-refractivity contribution is 7.91. The van der Waals surface area contributed by atoms with Gasteiger partial charge in [-0.25, -0.2) is 27.6 Å². The van der Waals surface area contributed by atoms with E-state index in [9.17, 15) is 37.8 Å². The zero-order valence-electron chi connectivity index (χ0n) is 24.4. The third-order valence-electron chi connectivity index (χ3n) is 9.08. The number of carbonyl (C=O) groups is 4. The number of benzene rings is 2. The molecule has 3 amide bonds. The van der Waals surface area contributed by atoms with Crippen molar-refractivity contribution in [2.24, 2.45) is 0 Å². The van der Waals surface area contributed by atoms with Gasteiger partial charge in [-0.3, -0.25) is 9.59 Å². The Morgan fingerprint density at radius 3 is 2.44 bits per heavy atom. The van der Waals surface area contributed by atoms with Crippen molar-refractivity contribution in [1.82, 2.24) is 24.3 Å². The predicted octanol–water partition coefficient (Wildman–Crippen LogP) is 2.22. The topological polar surface area (TPSA) is 170 Å². The maximum atomic E-state index is 13.6. The van der Waals surface area contributed by atoms with Gasteiger partial charge in [0.05, 0.1) is 29.1 Å². The third kappa shape index (κ3) is 5.34. The number of halogens is 1. The number of aliphatic carboxylic acids is 1. The second kappa shape index (κ2) is 11.4. The van der Waals surface area contributed by atoms with Crippen molar-refractivity contribution in [1.29, 1.82) is 0 Å². The summed E-state index contributed by atoms with van der Waals surface area (Å²) in [4.78, 5) is 60.2. The molecule has 1 unspecified atom stereocenters. The Labute approximate surface area is 263 Å². The van der Waals surface area contributed by atoms with Crippen LogP contribution in [-0.4, -0.2) is 104 Å². The van der Waals surface area contributed by atoms with Gasteiger partial charge in [-0.05, 0) is 61.2 Å². The van der Waals surface area contributed by atoms with Crippen molar-refractivity contribution < 1.29 is 37.8 Å². The van der Waals surface area contributed by atoms with E-state index >= 15 is 0 Å². The third-order valence-corrected chi connectivity index (χ3v) is 11.0. The molecule has 4 heterocycles. The van der Waals surface area contributed by atoms with E-state index in [1.165, 1.54) is 39.6 Å². The van der Waals surface area contributed by atoms with E-state index in [0.29, 0.717) is 35.4 Å². The number of hydrogen-bond acceptors (Lipinski definition) is 8. The molecule has 3 aromatic rings. The van der Waals surface area contributed by atoms with Gasteiger partial charge in [-0.15, -0.1) is 0 Å². The minimum absolute atomic E-state index is 0.0127. The molecule has 0 aliphatic carbocycles. The van der Waals surface area contributed by atoms with Crippen LogP contribution in [-0.2, 0) is 36.3 Å². The number of carbonyl (C=O) groups excluding carboxylic acids is 3. The number of amides is 3. The fourth-order valence-electron chi connectivity index (χ4n) is 6.54. The summed E-state index contributed by atoms with van der Waals surface area (Å²) >= 11 is 6.01. The monoisotopic (exact) mass is 657 g/mol. The number of imidazole rings is 1. The van der Waals surface area contributed by atoms with Crippen LogP contribution in [0.25, 0.3) is 10.8 Å². The second-order valence-electron chi connectivity index (χ2n) is 11.9. The number of aromatic nitrogens is 2. The van der Waals surface area contributed by atoms with Crippen LogP contribution >= 0.6 is 11.6 Å². The van der Waals surface area contributed by atoms with E-state index in [1.54, 1.807) is 29.2 Å². The Morgan fingerprint density at radius 1 is 1.09 bits per heavy atom. The van der Waals surface area contributed by atoms with Crippen LogP contribution < -0.4 is 0 Å². The van der Waals surface area contributed by atoms with Gasteiger partial charge in [0, 0.05) is 37.1 Å². The van der Waals surface area contributed by atoms with Crippen LogP contribution in [0.4, 0.5) is 4.79 Å². The Hall–Kier alpha value is -4.01.